The van der Waals surface area contributed by atoms with Crippen LogP contribution in [0, 0.1) is 5.92 Å². The minimum Gasteiger partial charge on any atom is -0.350 e. The van der Waals surface area contributed by atoms with Gasteiger partial charge in [0.2, 0.25) is 0 Å². The van der Waals surface area contributed by atoms with Crippen molar-refractivity contribution in [1.82, 2.24) is 0 Å². The fraction of sp³-hybridized carbons (Fsp3) is 1.00. The number of hydrogen-bond donors (Lipinski definition) is 0. The average Bonchev–Trinajstić information content (AvgIpc) is 2.25. The first-order valence-corrected chi connectivity index (χ1v) is 9.61. The lowest BCUT2D eigenvalue weighted by molar-refractivity contribution is -0.0791. The van der Waals surface area contributed by atoms with Gasteiger partial charge in [0.05, 0.1) is 25.2 Å². The summed E-state index contributed by atoms with van der Waals surface area (Å²) in [5.74, 6) is -0.0633. The van der Waals surface area contributed by atoms with Gasteiger partial charge in [0, 0.05) is 5.92 Å². The summed E-state index contributed by atoms with van der Waals surface area (Å²) in [4.78, 5) is 0. The van der Waals surface area contributed by atoms with E-state index in [1.165, 1.54) is 0 Å². The van der Waals surface area contributed by atoms with Crippen LogP contribution in [0.25, 0.3) is 0 Å². The van der Waals surface area contributed by atoms with Crippen molar-refractivity contribution in [1.29, 1.82) is 0 Å². The molecule has 1 rings (SSSR count). The maximum atomic E-state index is 11.0. The molecular formula is C10H20O7S2. The van der Waals surface area contributed by atoms with Gasteiger partial charge in [0.25, 0.3) is 20.2 Å². The molecular weight excluding hydrogens is 296 g/mol. The van der Waals surface area contributed by atoms with E-state index in [2.05, 4.69) is 4.18 Å². The van der Waals surface area contributed by atoms with Gasteiger partial charge >= 0.3 is 0 Å². The number of rotatable bonds is 7. The molecule has 0 radical (unpaired) electrons. The monoisotopic (exact) mass is 316 g/mol. The van der Waals surface area contributed by atoms with Crippen LogP contribution in [0.5, 0.6) is 0 Å². The molecule has 0 bridgehead atoms. The highest BCUT2D eigenvalue weighted by Gasteiger charge is 2.27. The van der Waals surface area contributed by atoms with Crippen LogP contribution in [0.1, 0.15) is 25.7 Å². The molecule has 7 nitrogen and oxygen atoms in total. The van der Waals surface area contributed by atoms with E-state index in [0.717, 1.165) is 38.2 Å². The molecule has 1 fully saturated rings. The van der Waals surface area contributed by atoms with Crippen molar-refractivity contribution >= 4 is 20.2 Å². The second-order valence-electron chi connectivity index (χ2n) is 4.68. The van der Waals surface area contributed by atoms with Crippen molar-refractivity contribution in [3.63, 3.8) is 0 Å². The van der Waals surface area contributed by atoms with E-state index in [0.29, 0.717) is 0 Å². The van der Waals surface area contributed by atoms with Gasteiger partial charge in [-0.2, -0.15) is 16.8 Å². The SMILES string of the molecule is CS(=O)(=O)OCOC1CCCCC1COS(C)(=O)=O. The molecule has 2 atom stereocenters. The molecule has 0 saturated heterocycles. The molecule has 0 aliphatic heterocycles. The van der Waals surface area contributed by atoms with E-state index in [9.17, 15) is 16.8 Å². The average molecular weight is 316 g/mol. The summed E-state index contributed by atoms with van der Waals surface area (Å²) in [5, 5.41) is 0. The van der Waals surface area contributed by atoms with Gasteiger partial charge in [0.1, 0.15) is 0 Å². The van der Waals surface area contributed by atoms with Crippen LogP contribution in [-0.2, 0) is 33.3 Å². The first kappa shape index (κ1) is 16.8. The molecule has 1 saturated carbocycles. The Kier molecular flexibility index (Phi) is 6.18. The van der Waals surface area contributed by atoms with Crippen LogP contribution in [0.15, 0.2) is 0 Å². The third-order valence-corrected chi connectivity index (χ3v) is 3.97. The van der Waals surface area contributed by atoms with Crippen LogP contribution in [0.2, 0.25) is 0 Å². The first-order chi connectivity index (χ1) is 8.67. The van der Waals surface area contributed by atoms with E-state index >= 15 is 0 Å². The number of ether oxygens (including phenoxy) is 1. The minimum absolute atomic E-state index is 0.0579. The van der Waals surface area contributed by atoms with E-state index in [1.54, 1.807) is 0 Å². The lowest BCUT2D eigenvalue weighted by Gasteiger charge is -2.30. The lowest BCUT2D eigenvalue weighted by Crippen LogP contribution is -2.32. The van der Waals surface area contributed by atoms with Crippen molar-refractivity contribution in [2.24, 2.45) is 5.92 Å². The van der Waals surface area contributed by atoms with Crippen LogP contribution in [0.4, 0.5) is 0 Å². The molecule has 0 amide bonds. The molecule has 0 aromatic heterocycles. The summed E-state index contributed by atoms with van der Waals surface area (Å²) in [6.07, 6.45) is 5.17. The molecule has 0 aromatic rings. The smallest absolute Gasteiger partial charge is 0.266 e. The first-order valence-electron chi connectivity index (χ1n) is 5.98. The van der Waals surface area contributed by atoms with Crippen LogP contribution >= 0.6 is 0 Å². The van der Waals surface area contributed by atoms with Crippen molar-refractivity contribution < 1.29 is 29.9 Å². The molecule has 0 heterocycles. The lowest BCUT2D eigenvalue weighted by atomic mass is 9.87. The molecule has 0 N–H and O–H groups in total. The van der Waals surface area contributed by atoms with Gasteiger partial charge in [-0.15, -0.1) is 0 Å². The number of hydrogen-bond acceptors (Lipinski definition) is 7. The third kappa shape index (κ3) is 7.83. The Balaban J connectivity index is 2.44. The summed E-state index contributed by atoms with van der Waals surface area (Å²) in [6.45, 7) is -0.290. The topological polar surface area (TPSA) is 96.0 Å². The van der Waals surface area contributed by atoms with Crippen LogP contribution in [0.3, 0.4) is 0 Å². The third-order valence-electron chi connectivity index (χ3n) is 2.88. The maximum absolute atomic E-state index is 11.0. The van der Waals surface area contributed by atoms with Gasteiger partial charge in [0.15, 0.2) is 6.79 Å². The predicted molar refractivity (Wildman–Crippen MR) is 68.4 cm³/mol. The Labute approximate surface area is 114 Å². The quantitative estimate of drug-likeness (QED) is 0.497. The zero-order valence-corrected chi connectivity index (χ0v) is 12.7. The molecule has 114 valence electrons. The van der Waals surface area contributed by atoms with Gasteiger partial charge < -0.3 is 4.74 Å². The Hall–Kier alpha value is -0.220. The Morgan fingerprint density at radius 1 is 0.947 bits per heavy atom. The van der Waals surface area contributed by atoms with E-state index in [1.807, 2.05) is 0 Å². The zero-order valence-electron chi connectivity index (χ0n) is 11.1. The van der Waals surface area contributed by atoms with Gasteiger partial charge in [-0.3, -0.25) is 4.18 Å². The second kappa shape index (κ2) is 6.98. The molecule has 9 heteroatoms. The van der Waals surface area contributed by atoms with Gasteiger partial charge in [-0.1, -0.05) is 12.8 Å². The van der Waals surface area contributed by atoms with Crippen molar-refractivity contribution in [3.05, 3.63) is 0 Å². The van der Waals surface area contributed by atoms with Gasteiger partial charge in [-0.25, -0.2) is 4.18 Å². The molecule has 1 aliphatic carbocycles. The van der Waals surface area contributed by atoms with Crippen LogP contribution < -0.4 is 0 Å². The molecule has 0 spiro atoms. The predicted octanol–water partition coefficient (Wildman–Crippen LogP) is 0.472. The summed E-state index contributed by atoms with van der Waals surface area (Å²) in [6, 6.07) is 0. The largest absolute Gasteiger partial charge is 0.350 e. The maximum Gasteiger partial charge on any atom is 0.266 e. The Morgan fingerprint density at radius 2 is 1.53 bits per heavy atom. The highest BCUT2D eigenvalue weighted by molar-refractivity contribution is 7.86. The minimum atomic E-state index is -3.53. The summed E-state index contributed by atoms with van der Waals surface area (Å²) >= 11 is 0. The highest BCUT2D eigenvalue weighted by Crippen LogP contribution is 2.27. The van der Waals surface area contributed by atoms with Crippen molar-refractivity contribution in [2.75, 3.05) is 25.9 Å². The van der Waals surface area contributed by atoms with Crippen molar-refractivity contribution in [2.45, 2.75) is 31.8 Å². The molecule has 0 aromatic carbocycles. The van der Waals surface area contributed by atoms with Crippen LogP contribution in [-0.4, -0.2) is 48.9 Å². The Morgan fingerprint density at radius 3 is 2.11 bits per heavy atom. The van der Waals surface area contributed by atoms with Crippen molar-refractivity contribution in [3.8, 4) is 0 Å². The van der Waals surface area contributed by atoms with E-state index < -0.39 is 20.2 Å². The van der Waals surface area contributed by atoms with Gasteiger partial charge in [-0.05, 0) is 12.8 Å². The summed E-state index contributed by atoms with van der Waals surface area (Å²) in [7, 11) is -7.00. The molecule has 19 heavy (non-hydrogen) atoms. The highest BCUT2D eigenvalue weighted by atomic mass is 32.2. The fourth-order valence-corrected chi connectivity index (χ4v) is 2.65. The van der Waals surface area contributed by atoms with E-state index in [4.69, 9.17) is 8.92 Å². The molecule has 1 aliphatic rings. The standard InChI is InChI=1S/C10H20O7S2/c1-18(11,12)16-7-9-5-3-4-6-10(9)15-8-17-19(2,13)14/h9-10H,3-8H2,1-2H3. The summed E-state index contributed by atoms with van der Waals surface area (Å²) < 4.78 is 58.2. The van der Waals surface area contributed by atoms with E-state index in [-0.39, 0.29) is 25.4 Å². The zero-order chi connectivity index (χ0) is 14.5. The summed E-state index contributed by atoms with van der Waals surface area (Å²) in [5.41, 5.74) is 0. The molecule has 2 unspecified atom stereocenters. The second-order valence-corrected chi connectivity index (χ2v) is 7.97. The normalized spacial score (nSPS) is 25.4. The Bertz CT molecular complexity index is 468. The fourth-order valence-electron chi connectivity index (χ4n) is 2.00.